The zero-order valence-electron chi connectivity index (χ0n) is 20.1. The van der Waals surface area contributed by atoms with Gasteiger partial charge in [-0.1, -0.05) is 86.8 Å². The smallest absolute Gasteiger partial charge is 0.230 e. The van der Waals surface area contributed by atoms with E-state index in [4.69, 9.17) is 21.6 Å². The number of hydrogen-bond acceptors (Lipinski definition) is 4. The number of halogens is 1. The van der Waals surface area contributed by atoms with Gasteiger partial charge in [0, 0.05) is 48.1 Å². The van der Waals surface area contributed by atoms with Crippen molar-refractivity contribution in [2.24, 2.45) is 5.92 Å². The molecule has 0 radical (unpaired) electrons. The number of carbonyl (C=O) groups is 1. The Labute approximate surface area is 207 Å². The Morgan fingerprint density at radius 2 is 1.85 bits per heavy atom. The van der Waals surface area contributed by atoms with Crippen LogP contribution in [0, 0.1) is 5.92 Å². The first-order chi connectivity index (χ1) is 16.6. The van der Waals surface area contributed by atoms with Gasteiger partial charge in [0.25, 0.3) is 0 Å². The van der Waals surface area contributed by atoms with Crippen molar-refractivity contribution in [2.75, 3.05) is 11.9 Å². The number of rotatable bonds is 9. The van der Waals surface area contributed by atoms with Crippen molar-refractivity contribution in [2.45, 2.75) is 59.0 Å². The number of fused-ring (bicyclic) bond motifs is 1. The molecule has 0 fully saturated rings. The average molecular weight is 477 g/mol. The van der Waals surface area contributed by atoms with Crippen LogP contribution >= 0.6 is 11.6 Å². The van der Waals surface area contributed by atoms with Crippen molar-refractivity contribution >= 4 is 23.5 Å². The van der Waals surface area contributed by atoms with Crippen molar-refractivity contribution in [3.8, 4) is 11.3 Å². The lowest BCUT2D eigenvalue weighted by Gasteiger charge is -2.30. The van der Waals surface area contributed by atoms with Crippen molar-refractivity contribution in [3.63, 3.8) is 0 Å². The molecule has 5 nitrogen and oxygen atoms in total. The van der Waals surface area contributed by atoms with Gasteiger partial charge >= 0.3 is 0 Å². The van der Waals surface area contributed by atoms with Crippen LogP contribution in [-0.2, 0) is 24.3 Å². The second-order valence-electron chi connectivity index (χ2n) is 8.98. The van der Waals surface area contributed by atoms with Crippen LogP contribution in [0.3, 0.4) is 0 Å². The van der Waals surface area contributed by atoms with E-state index in [9.17, 15) is 4.79 Å². The Bertz CT molecular complexity index is 1120. The molecule has 1 unspecified atom stereocenters. The van der Waals surface area contributed by atoms with E-state index in [1.807, 2.05) is 30.3 Å². The summed E-state index contributed by atoms with van der Waals surface area (Å²) in [6.45, 7) is 6.73. The van der Waals surface area contributed by atoms with Gasteiger partial charge in [-0.05, 0) is 24.5 Å². The molecule has 178 valence electrons. The second kappa shape index (κ2) is 11.6. The molecule has 6 heteroatoms. The summed E-state index contributed by atoms with van der Waals surface area (Å²) in [5, 5.41) is 3.66. The van der Waals surface area contributed by atoms with Crippen LogP contribution < -0.4 is 5.32 Å². The molecule has 1 amide bonds. The fourth-order valence-corrected chi connectivity index (χ4v) is 4.79. The first-order valence-corrected chi connectivity index (χ1v) is 12.7. The van der Waals surface area contributed by atoms with Gasteiger partial charge < -0.3 is 0 Å². The Morgan fingerprint density at radius 3 is 2.59 bits per heavy atom. The monoisotopic (exact) mass is 476 g/mol. The third kappa shape index (κ3) is 5.83. The minimum atomic E-state index is -0.0234. The minimum absolute atomic E-state index is 0.00234. The zero-order valence-corrected chi connectivity index (χ0v) is 20.8. The number of nitrogens with one attached hydrogen (secondary N) is 1. The summed E-state index contributed by atoms with van der Waals surface area (Å²) >= 11 is 6.59. The highest BCUT2D eigenvalue weighted by Gasteiger charge is 2.25. The summed E-state index contributed by atoms with van der Waals surface area (Å²) in [7, 11) is 0. The van der Waals surface area contributed by atoms with Crippen LogP contribution in [0.4, 0.5) is 5.95 Å². The zero-order chi connectivity index (χ0) is 23.9. The molecule has 0 saturated carbocycles. The fourth-order valence-electron chi connectivity index (χ4n) is 4.56. The number of nitrogens with zero attached hydrogens (tertiary/aromatic N) is 3. The van der Waals surface area contributed by atoms with E-state index >= 15 is 0 Å². The Hall–Kier alpha value is -2.76. The maximum atomic E-state index is 13.0. The first-order valence-electron chi connectivity index (χ1n) is 12.3. The van der Waals surface area contributed by atoms with E-state index in [2.05, 4.69) is 48.3 Å². The van der Waals surface area contributed by atoms with Gasteiger partial charge in [-0.15, -0.1) is 0 Å². The lowest BCUT2D eigenvalue weighted by Crippen LogP contribution is -2.32. The molecular weight excluding hydrogens is 444 g/mol. The molecule has 1 aliphatic heterocycles. The van der Waals surface area contributed by atoms with E-state index in [0.717, 1.165) is 74.3 Å². The summed E-state index contributed by atoms with van der Waals surface area (Å²) in [5.74, 6) is 0.359. The molecule has 1 aromatic heterocycles. The number of benzene rings is 2. The molecular formula is C28H33ClN4O. The Balaban J connectivity index is 1.65. The van der Waals surface area contributed by atoms with Gasteiger partial charge in [0.05, 0.1) is 11.4 Å². The summed E-state index contributed by atoms with van der Waals surface area (Å²) in [6, 6.07) is 18.3. The van der Waals surface area contributed by atoms with Crippen LogP contribution in [-0.4, -0.2) is 27.3 Å². The van der Waals surface area contributed by atoms with E-state index in [1.165, 1.54) is 5.56 Å². The highest BCUT2D eigenvalue weighted by Crippen LogP contribution is 2.34. The number of carbonyl (C=O) groups excluding carboxylic acids is 1. The highest BCUT2D eigenvalue weighted by molar-refractivity contribution is 6.33. The van der Waals surface area contributed by atoms with Gasteiger partial charge in [-0.2, -0.15) is 0 Å². The number of hydrogen-bond donors (Lipinski definition) is 1. The summed E-state index contributed by atoms with van der Waals surface area (Å²) in [6.07, 6.45) is 4.62. The fraction of sp³-hybridized carbons (Fsp3) is 0.393. The first kappa shape index (κ1) is 24.4. The van der Waals surface area contributed by atoms with Gasteiger partial charge in [0.2, 0.25) is 11.9 Å². The topological polar surface area (TPSA) is 58.1 Å². The predicted molar refractivity (Wildman–Crippen MR) is 139 cm³/mol. The maximum absolute atomic E-state index is 13.0. The lowest BCUT2D eigenvalue weighted by molar-refractivity contribution is -0.120. The highest BCUT2D eigenvalue weighted by atomic mass is 35.5. The summed E-state index contributed by atoms with van der Waals surface area (Å²) in [4.78, 5) is 25.0. The van der Waals surface area contributed by atoms with Crippen molar-refractivity contribution < 1.29 is 4.79 Å². The minimum Gasteiger partial charge on any atom is -0.294 e. The van der Waals surface area contributed by atoms with E-state index in [1.54, 1.807) is 0 Å². The normalized spacial score (nSPS) is 14.4. The standard InChI is InChI=1S/C28H33ClN4O/c1-3-5-13-21(4-2)27(34)32-28-30-25-16-17-33(18-20-11-7-6-8-12-20)19-23(25)26(31-28)22-14-9-10-15-24(22)29/h6-12,14-15,21H,3-5,13,16-19H2,1-2H3,(H,30,31,32,34). The molecule has 34 heavy (non-hydrogen) atoms. The SMILES string of the molecule is CCCCC(CC)C(=O)Nc1nc2c(c(-c3ccccc3Cl)n1)CN(Cc1ccccc1)CC2. The maximum Gasteiger partial charge on any atom is 0.230 e. The number of aromatic nitrogens is 2. The van der Waals surface area contributed by atoms with Gasteiger partial charge in [-0.3, -0.25) is 15.0 Å². The van der Waals surface area contributed by atoms with Crippen molar-refractivity contribution in [3.05, 3.63) is 76.4 Å². The largest absolute Gasteiger partial charge is 0.294 e. The quantitative estimate of drug-likeness (QED) is 0.382. The van der Waals surface area contributed by atoms with Gasteiger partial charge in [0.15, 0.2) is 0 Å². The molecule has 1 atom stereocenters. The molecule has 1 N–H and O–H groups in total. The molecule has 0 aliphatic carbocycles. The lowest BCUT2D eigenvalue weighted by atomic mass is 9.98. The van der Waals surface area contributed by atoms with Gasteiger partial charge in [-0.25, -0.2) is 9.97 Å². The van der Waals surface area contributed by atoms with Crippen LogP contribution in [0.25, 0.3) is 11.3 Å². The van der Waals surface area contributed by atoms with Gasteiger partial charge in [0.1, 0.15) is 0 Å². The predicted octanol–water partition coefficient (Wildman–Crippen LogP) is 6.51. The Kier molecular flexibility index (Phi) is 8.30. The van der Waals surface area contributed by atoms with Crippen LogP contribution in [0.2, 0.25) is 5.02 Å². The number of unbranched alkanes of at least 4 members (excludes halogenated alkanes) is 1. The molecule has 1 aliphatic rings. The van der Waals surface area contributed by atoms with Crippen LogP contribution in [0.1, 0.15) is 56.4 Å². The Morgan fingerprint density at radius 1 is 1.09 bits per heavy atom. The second-order valence-corrected chi connectivity index (χ2v) is 9.39. The number of amides is 1. The van der Waals surface area contributed by atoms with E-state index < -0.39 is 0 Å². The van der Waals surface area contributed by atoms with Crippen molar-refractivity contribution in [1.29, 1.82) is 0 Å². The molecule has 3 aromatic rings. The number of anilines is 1. The molecule has 0 spiro atoms. The molecule has 2 heterocycles. The summed E-state index contributed by atoms with van der Waals surface area (Å²) in [5.41, 5.74) is 5.05. The van der Waals surface area contributed by atoms with Crippen LogP contribution in [0.5, 0.6) is 0 Å². The molecule has 2 aromatic carbocycles. The average Bonchev–Trinajstić information content (AvgIpc) is 2.85. The third-order valence-electron chi connectivity index (χ3n) is 6.52. The van der Waals surface area contributed by atoms with E-state index in [0.29, 0.717) is 11.0 Å². The third-order valence-corrected chi connectivity index (χ3v) is 6.85. The van der Waals surface area contributed by atoms with Crippen LogP contribution in [0.15, 0.2) is 54.6 Å². The van der Waals surface area contributed by atoms with E-state index in [-0.39, 0.29) is 11.8 Å². The molecule has 0 bridgehead atoms. The molecule has 0 saturated heterocycles. The summed E-state index contributed by atoms with van der Waals surface area (Å²) < 4.78 is 0. The van der Waals surface area contributed by atoms with Crippen molar-refractivity contribution in [1.82, 2.24) is 14.9 Å². The molecule has 4 rings (SSSR count).